The summed E-state index contributed by atoms with van der Waals surface area (Å²) in [6, 6.07) is 0. The van der Waals surface area contributed by atoms with Crippen LogP contribution in [0.2, 0.25) is 0 Å². The van der Waals surface area contributed by atoms with Crippen molar-refractivity contribution in [2.75, 3.05) is 0 Å². The summed E-state index contributed by atoms with van der Waals surface area (Å²) in [4.78, 5) is 7.71. The van der Waals surface area contributed by atoms with Gasteiger partial charge in [-0.3, -0.25) is 0 Å². The topological polar surface area (TPSA) is 28.7 Å². The van der Waals surface area contributed by atoms with Gasteiger partial charge in [0.1, 0.15) is 10.5 Å². The molecule has 0 radical (unpaired) electrons. The molecule has 1 aromatic rings. The van der Waals surface area contributed by atoms with E-state index in [9.17, 15) is 0 Å². The molecule has 0 aliphatic heterocycles. The third-order valence-electron chi connectivity index (χ3n) is 2.56. The van der Waals surface area contributed by atoms with Crippen molar-refractivity contribution in [2.24, 2.45) is 0 Å². The van der Waals surface area contributed by atoms with Crippen molar-refractivity contribution in [2.45, 2.75) is 39.0 Å². The third-order valence-corrected chi connectivity index (χ3v) is 2.96. The molecule has 2 rings (SSSR count). The molecule has 1 aliphatic carbocycles. The van der Waals surface area contributed by atoms with Crippen LogP contribution in [0.4, 0.5) is 0 Å². The predicted molar refractivity (Wildman–Crippen MR) is 55.5 cm³/mol. The number of H-pyrrole nitrogens is 1. The second-order valence-corrected chi connectivity index (χ2v) is 4.04. The number of hydrogen-bond donors (Lipinski definition) is 1. The lowest BCUT2D eigenvalue weighted by molar-refractivity contribution is 0.860. The molecule has 1 heterocycles. The van der Waals surface area contributed by atoms with Crippen molar-refractivity contribution in [3.63, 3.8) is 0 Å². The van der Waals surface area contributed by atoms with Gasteiger partial charge in [-0.05, 0) is 25.7 Å². The summed E-state index contributed by atoms with van der Waals surface area (Å²) in [5, 5.41) is 0. The molecule has 1 aromatic heterocycles. The van der Waals surface area contributed by atoms with Crippen molar-refractivity contribution in [1.82, 2.24) is 9.97 Å². The van der Waals surface area contributed by atoms with Crippen molar-refractivity contribution in [1.29, 1.82) is 0 Å². The SMILES string of the molecule is CCc1nc(=S)c(C)c(C2CC2)[nH]1. The number of nitrogens with one attached hydrogen (secondary N) is 1. The Morgan fingerprint density at radius 3 is 2.77 bits per heavy atom. The number of nitrogens with zero attached hydrogens (tertiary/aromatic N) is 1. The summed E-state index contributed by atoms with van der Waals surface area (Å²) >= 11 is 5.21. The van der Waals surface area contributed by atoms with Crippen LogP contribution in [0.1, 0.15) is 42.8 Å². The van der Waals surface area contributed by atoms with E-state index in [-0.39, 0.29) is 0 Å². The first-order valence-electron chi connectivity index (χ1n) is 4.82. The second kappa shape index (κ2) is 3.22. The Morgan fingerprint density at radius 1 is 1.54 bits per heavy atom. The van der Waals surface area contributed by atoms with E-state index in [0.29, 0.717) is 0 Å². The van der Waals surface area contributed by atoms with Crippen LogP contribution in [0.5, 0.6) is 0 Å². The fraction of sp³-hybridized carbons (Fsp3) is 0.600. The van der Waals surface area contributed by atoms with E-state index in [1.165, 1.54) is 24.1 Å². The lowest BCUT2D eigenvalue weighted by Crippen LogP contribution is -2.01. The first-order valence-corrected chi connectivity index (χ1v) is 5.23. The summed E-state index contributed by atoms with van der Waals surface area (Å²) in [6.45, 7) is 4.17. The number of rotatable bonds is 2. The normalized spacial score (nSPS) is 16.2. The maximum absolute atomic E-state index is 5.21. The molecule has 0 bridgehead atoms. The quantitative estimate of drug-likeness (QED) is 0.733. The van der Waals surface area contributed by atoms with Gasteiger partial charge in [0.15, 0.2) is 0 Å². The summed E-state index contributed by atoms with van der Waals surface area (Å²) in [7, 11) is 0. The van der Waals surface area contributed by atoms with E-state index in [0.717, 1.165) is 22.8 Å². The molecule has 0 unspecified atom stereocenters. The van der Waals surface area contributed by atoms with Gasteiger partial charge in [0.25, 0.3) is 0 Å². The molecule has 13 heavy (non-hydrogen) atoms. The highest BCUT2D eigenvalue weighted by atomic mass is 32.1. The van der Waals surface area contributed by atoms with Gasteiger partial charge in [-0.1, -0.05) is 19.1 Å². The molecule has 3 heteroatoms. The molecule has 1 fully saturated rings. The van der Waals surface area contributed by atoms with E-state index in [4.69, 9.17) is 12.2 Å². The van der Waals surface area contributed by atoms with E-state index in [1.807, 2.05) is 0 Å². The zero-order valence-corrected chi connectivity index (χ0v) is 8.87. The Morgan fingerprint density at radius 2 is 2.23 bits per heavy atom. The van der Waals surface area contributed by atoms with Crippen LogP contribution in [-0.2, 0) is 6.42 Å². The van der Waals surface area contributed by atoms with Crippen molar-refractivity contribution < 1.29 is 0 Å². The zero-order chi connectivity index (χ0) is 9.42. The fourth-order valence-corrected chi connectivity index (χ4v) is 1.77. The van der Waals surface area contributed by atoms with Gasteiger partial charge < -0.3 is 4.98 Å². The van der Waals surface area contributed by atoms with E-state index in [2.05, 4.69) is 23.8 Å². The standard InChI is InChI=1S/C10H14N2S/c1-3-8-11-9(7-4-5-7)6(2)10(13)12-8/h7H,3-5H2,1-2H3,(H,11,12,13). The van der Waals surface area contributed by atoms with E-state index < -0.39 is 0 Å². The zero-order valence-electron chi connectivity index (χ0n) is 8.05. The van der Waals surface area contributed by atoms with Crippen LogP contribution < -0.4 is 0 Å². The number of hydrogen-bond acceptors (Lipinski definition) is 2. The van der Waals surface area contributed by atoms with Gasteiger partial charge in [0.05, 0.1) is 0 Å². The molecule has 1 aliphatic rings. The van der Waals surface area contributed by atoms with E-state index in [1.54, 1.807) is 0 Å². The van der Waals surface area contributed by atoms with Gasteiger partial charge >= 0.3 is 0 Å². The Balaban J connectivity index is 2.52. The number of aromatic nitrogens is 2. The van der Waals surface area contributed by atoms with Gasteiger partial charge in [0.2, 0.25) is 0 Å². The fourth-order valence-electron chi connectivity index (χ4n) is 1.55. The van der Waals surface area contributed by atoms with Crippen LogP contribution in [0, 0.1) is 11.6 Å². The molecule has 0 amide bonds. The lowest BCUT2D eigenvalue weighted by Gasteiger charge is -2.06. The molecule has 0 aromatic carbocycles. The van der Waals surface area contributed by atoms with Crippen molar-refractivity contribution in [3.05, 3.63) is 21.7 Å². The summed E-state index contributed by atoms with van der Waals surface area (Å²) in [6.07, 6.45) is 3.54. The highest BCUT2D eigenvalue weighted by Gasteiger charge is 2.26. The summed E-state index contributed by atoms with van der Waals surface area (Å²) < 4.78 is 0.775. The first-order chi connectivity index (χ1) is 6.22. The summed E-state index contributed by atoms with van der Waals surface area (Å²) in [5.41, 5.74) is 2.51. The van der Waals surface area contributed by atoms with Crippen LogP contribution in [-0.4, -0.2) is 9.97 Å². The van der Waals surface area contributed by atoms with Crippen LogP contribution in [0.25, 0.3) is 0 Å². The average Bonchev–Trinajstić information content (AvgIpc) is 2.92. The average molecular weight is 194 g/mol. The summed E-state index contributed by atoms with van der Waals surface area (Å²) in [5.74, 6) is 1.76. The van der Waals surface area contributed by atoms with Gasteiger partial charge in [0, 0.05) is 17.7 Å². The third kappa shape index (κ3) is 1.66. The first kappa shape index (κ1) is 8.88. The van der Waals surface area contributed by atoms with E-state index >= 15 is 0 Å². The predicted octanol–water partition coefficient (Wildman–Crippen LogP) is 2.89. The minimum atomic E-state index is 0.731. The van der Waals surface area contributed by atoms with Crippen LogP contribution >= 0.6 is 12.2 Å². The van der Waals surface area contributed by atoms with Crippen molar-refractivity contribution in [3.8, 4) is 0 Å². The van der Waals surface area contributed by atoms with Gasteiger partial charge in [-0.2, -0.15) is 0 Å². The van der Waals surface area contributed by atoms with Crippen molar-refractivity contribution >= 4 is 12.2 Å². The highest BCUT2D eigenvalue weighted by Crippen LogP contribution is 2.40. The Bertz CT molecular complexity index is 377. The molecule has 0 atom stereocenters. The Hall–Kier alpha value is -0.700. The molecule has 2 nitrogen and oxygen atoms in total. The van der Waals surface area contributed by atoms with Crippen LogP contribution in [0.3, 0.4) is 0 Å². The van der Waals surface area contributed by atoms with Gasteiger partial charge in [-0.25, -0.2) is 4.98 Å². The minimum Gasteiger partial charge on any atom is -0.347 e. The Kier molecular flexibility index (Phi) is 2.20. The molecule has 0 spiro atoms. The lowest BCUT2D eigenvalue weighted by atomic mass is 10.2. The smallest absolute Gasteiger partial charge is 0.132 e. The highest BCUT2D eigenvalue weighted by molar-refractivity contribution is 7.71. The monoisotopic (exact) mass is 194 g/mol. The molecule has 1 saturated carbocycles. The molecule has 70 valence electrons. The maximum Gasteiger partial charge on any atom is 0.132 e. The molecule has 0 saturated heterocycles. The van der Waals surface area contributed by atoms with Gasteiger partial charge in [-0.15, -0.1) is 0 Å². The Labute approximate surface area is 83.4 Å². The minimum absolute atomic E-state index is 0.731. The maximum atomic E-state index is 5.21. The molecule has 1 N–H and O–H groups in total. The molecular weight excluding hydrogens is 180 g/mol. The molecular formula is C10H14N2S. The largest absolute Gasteiger partial charge is 0.347 e. The van der Waals surface area contributed by atoms with Crippen LogP contribution in [0.15, 0.2) is 0 Å². The second-order valence-electron chi connectivity index (χ2n) is 3.66. The number of aryl methyl sites for hydroxylation is 1. The number of aromatic amines is 1.